The fourth-order valence-electron chi connectivity index (χ4n) is 1.93. The molecule has 1 aliphatic rings. The van der Waals surface area contributed by atoms with Gasteiger partial charge in [0.1, 0.15) is 0 Å². The van der Waals surface area contributed by atoms with Gasteiger partial charge in [-0.2, -0.15) is 5.10 Å². The van der Waals surface area contributed by atoms with Crippen molar-refractivity contribution in [2.24, 2.45) is 5.10 Å². The van der Waals surface area contributed by atoms with Crippen LogP contribution in [-0.2, 0) is 0 Å². The molecule has 0 atom stereocenters. The first kappa shape index (κ1) is 14.2. The van der Waals surface area contributed by atoms with E-state index in [2.05, 4.69) is 10.5 Å². The third-order valence-corrected chi connectivity index (χ3v) is 3.31. The summed E-state index contributed by atoms with van der Waals surface area (Å²) < 4.78 is 10.3. The lowest BCUT2D eigenvalue weighted by Crippen LogP contribution is -1.97. The van der Waals surface area contributed by atoms with Gasteiger partial charge in [0.2, 0.25) is 6.79 Å². The SMILES string of the molecule is O=[N+]([O-])c1cc2c(cc1/C=N\Nc1ccccc1Cl)OCO2. The number of rotatable bonds is 4. The minimum absolute atomic E-state index is 0.0466. The summed E-state index contributed by atoms with van der Waals surface area (Å²) in [6, 6.07) is 9.88. The second-order valence-electron chi connectivity index (χ2n) is 4.37. The van der Waals surface area contributed by atoms with Crippen molar-refractivity contribution in [2.75, 3.05) is 12.2 Å². The van der Waals surface area contributed by atoms with Crippen molar-refractivity contribution >= 4 is 29.2 Å². The van der Waals surface area contributed by atoms with Crippen molar-refractivity contribution in [1.29, 1.82) is 0 Å². The van der Waals surface area contributed by atoms with Gasteiger partial charge in [0.15, 0.2) is 11.5 Å². The highest BCUT2D eigenvalue weighted by molar-refractivity contribution is 6.33. The monoisotopic (exact) mass is 319 g/mol. The summed E-state index contributed by atoms with van der Waals surface area (Å²) in [5.74, 6) is 0.799. The lowest BCUT2D eigenvalue weighted by molar-refractivity contribution is -0.385. The Kier molecular flexibility index (Phi) is 3.80. The number of hydrogen-bond donors (Lipinski definition) is 1. The number of fused-ring (bicyclic) bond motifs is 1. The number of nitro groups is 1. The van der Waals surface area contributed by atoms with E-state index in [-0.39, 0.29) is 12.5 Å². The summed E-state index contributed by atoms with van der Waals surface area (Å²) in [7, 11) is 0. The zero-order valence-electron chi connectivity index (χ0n) is 11.2. The van der Waals surface area contributed by atoms with E-state index in [4.69, 9.17) is 21.1 Å². The molecular formula is C14H10ClN3O4. The Labute approximate surface area is 130 Å². The summed E-state index contributed by atoms with van der Waals surface area (Å²) in [5, 5.41) is 15.6. The maximum atomic E-state index is 11.1. The van der Waals surface area contributed by atoms with Crippen LogP contribution in [0.5, 0.6) is 11.5 Å². The van der Waals surface area contributed by atoms with Crippen LogP contribution in [0.15, 0.2) is 41.5 Å². The molecule has 0 spiro atoms. The summed E-state index contributed by atoms with van der Waals surface area (Å²) in [6.45, 7) is 0.0466. The molecule has 3 rings (SSSR count). The smallest absolute Gasteiger partial charge is 0.282 e. The molecule has 22 heavy (non-hydrogen) atoms. The average Bonchev–Trinajstić information content (AvgIpc) is 2.95. The predicted molar refractivity (Wildman–Crippen MR) is 81.9 cm³/mol. The Morgan fingerprint density at radius 1 is 1.27 bits per heavy atom. The highest BCUT2D eigenvalue weighted by Gasteiger charge is 2.22. The van der Waals surface area contributed by atoms with E-state index < -0.39 is 4.92 Å². The Morgan fingerprint density at radius 3 is 2.73 bits per heavy atom. The van der Waals surface area contributed by atoms with E-state index in [0.29, 0.717) is 27.8 Å². The molecule has 0 bridgehead atoms. The lowest BCUT2D eigenvalue weighted by atomic mass is 10.1. The first-order valence-electron chi connectivity index (χ1n) is 6.27. The van der Waals surface area contributed by atoms with Crippen molar-refractivity contribution < 1.29 is 14.4 Å². The van der Waals surface area contributed by atoms with Gasteiger partial charge in [0.05, 0.1) is 33.5 Å². The topological polar surface area (TPSA) is 86.0 Å². The van der Waals surface area contributed by atoms with Crippen LogP contribution in [0, 0.1) is 10.1 Å². The number of hydrazone groups is 1. The molecule has 8 heteroatoms. The average molecular weight is 320 g/mol. The summed E-state index contributed by atoms with van der Waals surface area (Å²) in [5.41, 5.74) is 3.52. The molecule has 0 aromatic heterocycles. The molecule has 0 aliphatic carbocycles. The summed E-state index contributed by atoms with van der Waals surface area (Å²) >= 11 is 5.98. The number of halogens is 1. The number of benzene rings is 2. The number of nitro benzene ring substituents is 1. The molecule has 1 heterocycles. The highest BCUT2D eigenvalue weighted by Crippen LogP contribution is 2.37. The first-order chi connectivity index (χ1) is 10.6. The third kappa shape index (κ3) is 2.79. The number of hydrogen-bond acceptors (Lipinski definition) is 6. The minimum Gasteiger partial charge on any atom is -0.454 e. The standard InChI is InChI=1S/C14H10ClN3O4/c15-10-3-1-2-4-11(10)17-16-7-9-5-13-14(22-8-21-13)6-12(9)18(19)20/h1-7,17H,8H2/b16-7-. The van der Waals surface area contributed by atoms with Gasteiger partial charge in [-0.1, -0.05) is 23.7 Å². The van der Waals surface area contributed by atoms with Crippen molar-refractivity contribution in [3.05, 3.63) is 57.1 Å². The Morgan fingerprint density at radius 2 is 2.00 bits per heavy atom. The predicted octanol–water partition coefficient (Wildman–Crippen LogP) is 3.42. The zero-order chi connectivity index (χ0) is 15.5. The van der Waals surface area contributed by atoms with Gasteiger partial charge in [-0.25, -0.2) is 0 Å². The van der Waals surface area contributed by atoms with Crippen LogP contribution in [0.25, 0.3) is 0 Å². The molecule has 7 nitrogen and oxygen atoms in total. The Hall–Kier alpha value is -2.80. The molecule has 112 valence electrons. The van der Waals surface area contributed by atoms with Gasteiger partial charge in [-0.3, -0.25) is 15.5 Å². The molecule has 0 amide bonds. The van der Waals surface area contributed by atoms with Gasteiger partial charge in [-0.15, -0.1) is 0 Å². The van der Waals surface area contributed by atoms with Gasteiger partial charge in [-0.05, 0) is 18.2 Å². The van der Waals surface area contributed by atoms with Crippen LogP contribution in [-0.4, -0.2) is 17.9 Å². The van der Waals surface area contributed by atoms with Crippen molar-refractivity contribution in [1.82, 2.24) is 0 Å². The first-order valence-corrected chi connectivity index (χ1v) is 6.64. The zero-order valence-corrected chi connectivity index (χ0v) is 11.9. The van der Waals surface area contributed by atoms with Gasteiger partial charge in [0.25, 0.3) is 5.69 Å². The number of para-hydroxylation sites is 1. The highest BCUT2D eigenvalue weighted by atomic mass is 35.5. The van der Waals surface area contributed by atoms with Crippen LogP contribution in [0.1, 0.15) is 5.56 Å². The molecule has 1 N–H and O–H groups in total. The molecule has 2 aromatic carbocycles. The Bertz CT molecular complexity index is 764. The van der Waals surface area contributed by atoms with Crippen LogP contribution in [0.2, 0.25) is 5.02 Å². The lowest BCUT2D eigenvalue weighted by Gasteiger charge is -2.03. The van der Waals surface area contributed by atoms with E-state index in [0.717, 1.165) is 0 Å². The summed E-state index contributed by atoms with van der Waals surface area (Å²) in [4.78, 5) is 10.6. The third-order valence-electron chi connectivity index (χ3n) is 2.98. The van der Waals surface area contributed by atoms with Crippen molar-refractivity contribution in [3.8, 4) is 11.5 Å². The molecular weight excluding hydrogens is 310 g/mol. The van der Waals surface area contributed by atoms with Crippen LogP contribution in [0.4, 0.5) is 11.4 Å². The number of nitrogens with one attached hydrogen (secondary N) is 1. The number of nitrogens with zero attached hydrogens (tertiary/aromatic N) is 2. The maximum Gasteiger partial charge on any atom is 0.282 e. The number of ether oxygens (including phenoxy) is 2. The second-order valence-corrected chi connectivity index (χ2v) is 4.78. The van der Waals surface area contributed by atoms with Gasteiger partial charge in [0, 0.05) is 0 Å². The minimum atomic E-state index is -0.501. The quantitative estimate of drug-likeness (QED) is 0.530. The van der Waals surface area contributed by atoms with E-state index in [1.165, 1.54) is 18.3 Å². The van der Waals surface area contributed by atoms with E-state index in [1.54, 1.807) is 24.3 Å². The van der Waals surface area contributed by atoms with Crippen molar-refractivity contribution in [2.45, 2.75) is 0 Å². The van der Waals surface area contributed by atoms with Crippen LogP contribution < -0.4 is 14.9 Å². The largest absolute Gasteiger partial charge is 0.454 e. The van der Waals surface area contributed by atoms with Gasteiger partial charge >= 0.3 is 0 Å². The molecule has 0 saturated carbocycles. The Balaban J connectivity index is 1.87. The van der Waals surface area contributed by atoms with E-state index >= 15 is 0 Å². The number of anilines is 1. The fraction of sp³-hybridized carbons (Fsp3) is 0.0714. The molecule has 0 radical (unpaired) electrons. The van der Waals surface area contributed by atoms with Crippen LogP contribution in [0.3, 0.4) is 0 Å². The summed E-state index contributed by atoms with van der Waals surface area (Å²) in [6.07, 6.45) is 1.34. The molecule has 1 aliphatic heterocycles. The van der Waals surface area contributed by atoms with Crippen LogP contribution >= 0.6 is 11.6 Å². The van der Waals surface area contributed by atoms with E-state index in [9.17, 15) is 10.1 Å². The molecule has 0 saturated heterocycles. The van der Waals surface area contributed by atoms with Gasteiger partial charge < -0.3 is 9.47 Å². The second kappa shape index (κ2) is 5.90. The molecule has 2 aromatic rings. The van der Waals surface area contributed by atoms with E-state index in [1.807, 2.05) is 0 Å². The van der Waals surface area contributed by atoms with Crippen molar-refractivity contribution in [3.63, 3.8) is 0 Å². The normalized spacial score (nSPS) is 12.6. The molecule has 0 fully saturated rings. The maximum absolute atomic E-state index is 11.1. The molecule has 0 unspecified atom stereocenters. The fourth-order valence-corrected chi connectivity index (χ4v) is 2.11.